The van der Waals surface area contributed by atoms with Gasteiger partial charge in [-0.1, -0.05) is 17.7 Å². The number of rotatable bonds is 5. The lowest BCUT2D eigenvalue weighted by atomic mass is 10.2. The quantitative estimate of drug-likeness (QED) is 0.858. The Morgan fingerprint density at radius 1 is 1.36 bits per heavy atom. The predicted octanol–water partition coefficient (Wildman–Crippen LogP) is 3.20. The first-order valence-electron chi connectivity index (χ1n) is 8.22. The monoisotopic (exact) mass is 380 g/mol. The van der Waals surface area contributed by atoms with E-state index in [2.05, 4.69) is 15.3 Å². The molecule has 0 aliphatic carbocycles. The van der Waals surface area contributed by atoms with Crippen LogP contribution in [0.4, 0.5) is 17.5 Å². The van der Waals surface area contributed by atoms with Gasteiger partial charge in [-0.25, -0.2) is 13.4 Å². The van der Waals surface area contributed by atoms with E-state index in [1.54, 1.807) is 6.20 Å². The van der Waals surface area contributed by atoms with Crippen molar-refractivity contribution in [3.05, 3.63) is 41.0 Å². The normalized spacial score (nSPS) is 18.9. The largest absolute Gasteiger partial charge is 0.353 e. The molecule has 6 nitrogen and oxygen atoms in total. The van der Waals surface area contributed by atoms with Gasteiger partial charge in [0.2, 0.25) is 5.95 Å². The highest BCUT2D eigenvalue weighted by Gasteiger charge is 2.32. The summed E-state index contributed by atoms with van der Waals surface area (Å²) in [7, 11) is -2.94. The summed E-state index contributed by atoms with van der Waals surface area (Å²) < 4.78 is 23.6. The third-order valence-corrected chi connectivity index (χ3v) is 6.60. The van der Waals surface area contributed by atoms with E-state index in [4.69, 9.17) is 11.6 Å². The fourth-order valence-electron chi connectivity index (χ4n) is 3.06. The molecule has 1 aliphatic heterocycles. The summed E-state index contributed by atoms with van der Waals surface area (Å²) in [6.45, 7) is 4.62. The van der Waals surface area contributed by atoms with Gasteiger partial charge in [0.15, 0.2) is 9.84 Å². The molecule has 1 saturated heterocycles. The molecule has 0 amide bonds. The Hall–Kier alpha value is -1.86. The summed E-state index contributed by atoms with van der Waals surface area (Å²) in [6.07, 6.45) is 2.31. The molecule has 0 radical (unpaired) electrons. The molecular formula is C17H21ClN4O2S. The number of benzene rings is 1. The number of nitrogens with zero attached hydrogens (tertiary/aromatic N) is 3. The lowest BCUT2D eigenvalue weighted by Crippen LogP contribution is -2.36. The van der Waals surface area contributed by atoms with Crippen LogP contribution in [-0.4, -0.2) is 42.5 Å². The highest BCUT2D eigenvalue weighted by atomic mass is 35.5. The van der Waals surface area contributed by atoms with Crippen LogP contribution in [0.25, 0.3) is 0 Å². The summed E-state index contributed by atoms with van der Waals surface area (Å²) in [5.41, 5.74) is 1.77. The maximum atomic E-state index is 11.8. The number of hydrogen-bond donors (Lipinski definition) is 1. The minimum absolute atomic E-state index is 0.0364. The Balaban J connectivity index is 1.84. The molecule has 1 N–H and O–H groups in total. The van der Waals surface area contributed by atoms with Crippen LogP contribution in [0, 0.1) is 6.92 Å². The topological polar surface area (TPSA) is 75.2 Å². The molecule has 2 aromatic rings. The van der Waals surface area contributed by atoms with E-state index in [0.717, 1.165) is 17.1 Å². The van der Waals surface area contributed by atoms with Crippen molar-refractivity contribution in [3.8, 4) is 0 Å². The molecular weight excluding hydrogens is 360 g/mol. The van der Waals surface area contributed by atoms with E-state index in [-0.39, 0.29) is 17.5 Å². The molecule has 1 atom stereocenters. The third kappa shape index (κ3) is 4.04. The Kier molecular flexibility index (Phi) is 5.15. The van der Waals surface area contributed by atoms with Crippen molar-refractivity contribution in [2.75, 3.05) is 28.3 Å². The zero-order valence-electron chi connectivity index (χ0n) is 14.2. The summed E-state index contributed by atoms with van der Waals surface area (Å²) in [6, 6.07) is 7.38. The van der Waals surface area contributed by atoms with Crippen molar-refractivity contribution in [3.63, 3.8) is 0 Å². The summed E-state index contributed by atoms with van der Waals surface area (Å²) in [5, 5.41) is 3.86. The van der Waals surface area contributed by atoms with E-state index in [9.17, 15) is 8.42 Å². The van der Waals surface area contributed by atoms with Gasteiger partial charge in [0.1, 0.15) is 5.82 Å². The third-order valence-electron chi connectivity index (χ3n) is 4.44. The number of nitrogens with one attached hydrogen (secondary N) is 1. The minimum Gasteiger partial charge on any atom is -0.353 e. The van der Waals surface area contributed by atoms with Crippen LogP contribution in [-0.2, 0) is 9.84 Å². The maximum absolute atomic E-state index is 11.8. The van der Waals surface area contributed by atoms with E-state index in [0.29, 0.717) is 23.9 Å². The zero-order chi connectivity index (χ0) is 18.0. The van der Waals surface area contributed by atoms with E-state index < -0.39 is 9.84 Å². The first kappa shape index (κ1) is 17.9. The van der Waals surface area contributed by atoms with Gasteiger partial charge in [0.05, 0.1) is 11.5 Å². The molecule has 25 heavy (non-hydrogen) atoms. The molecule has 1 fully saturated rings. The van der Waals surface area contributed by atoms with E-state index >= 15 is 0 Å². The van der Waals surface area contributed by atoms with Crippen molar-refractivity contribution in [1.29, 1.82) is 0 Å². The number of halogens is 1. The second-order valence-corrected chi connectivity index (χ2v) is 8.75. The van der Waals surface area contributed by atoms with Gasteiger partial charge in [0, 0.05) is 29.5 Å². The van der Waals surface area contributed by atoms with Gasteiger partial charge < -0.3 is 10.2 Å². The Morgan fingerprint density at radius 2 is 2.16 bits per heavy atom. The van der Waals surface area contributed by atoms with Gasteiger partial charge >= 0.3 is 0 Å². The lowest BCUT2D eigenvalue weighted by Gasteiger charge is -2.28. The number of aromatic nitrogens is 2. The Bertz CT molecular complexity index is 873. The van der Waals surface area contributed by atoms with Crippen LogP contribution in [0.3, 0.4) is 0 Å². The molecule has 1 aromatic carbocycles. The van der Waals surface area contributed by atoms with Crippen molar-refractivity contribution < 1.29 is 8.42 Å². The van der Waals surface area contributed by atoms with E-state index in [1.807, 2.05) is 43.0 Å². The fourth-order valence-corrected chi connectivity index (χ4v) is 4.97. The number of hydrogen-bond acceptors (Lipinski definition) is 6. The second kappa shape index (κ2) is 7.17. The molecule has 2 heterocycles. The summed E-state index contributed by atoms with van der Waals surface area (Å²) in [4.78, 5) is 10.9. The van der Waals surface area contributed by atoms with Gasteiger partial charge in [-0.05, 0) is 44.0 Å². The van der Waals surface area contributed by atoms with Crippen LogP contribution < -0.4 is 10.2 Å². The number of sulfone groups is 1. The van der Waals surface area contributed by atoms with Crippen molar-refractivity contribution >= 4 is 38.9 Å². The maximum Gasteiger partial charge on any atom is 0.229 e. The molecule has 0 bridgehead atoms. The molecule has 3 rings (SSSR count). The van der Waals surface area contributed by atoms with Crippen molar-refractivity contribution in [1.82, 2.24) is 9.97 Å². The smallest absolute Gasteiger partial charge is 0.229 e. The second-order valence-electron chi connectivity index (χ2n) is 6.12. The SMILES string of the molecule is CCN(c1ccnc(Nc2cccc(Cl)c2C)n1)C1CCS(=O)(=O)C1. The zero-order valence-corrected chi connectivity index (χ0v) is 15.8. The Morgan fingerprint density at radius 3 is 2.84 bits per heavy atom. The van der Waals surface area contributed by atoms with E-state index in [1.165, 1.54) is 0 Å². The summed E-state index contributed by atoms with van der Waals surface area (Å²) >= 11 is 6.15. The predicted molar refractivity (Wildman–Crippen MR) is 102 cm³/mol. The van der Waals surface area contributed by atoms with Gasteiger partial charge in [-0.3, -0.25) is 0 Å². The molecule has 134 valence electrons. The van der Waals surface area contributed by atoms with Gasteiger partial charge in [0.25, 0.3) is 0 Å². The van der Waals surface area contributed by atoms with Crippen molar-refractivity contribution in [2.24, 2.45) is 0 Å². The minimum atomic E-state index is -2.94. The summed E-state index contributed by atoms with van der Waals surface area (Å²) in [5.74, 6) is 1.61. The highest BCUT2D eigenvalue weighted by Crippen LogP contribution is 2.27. The molecule has 0 saturated carbocycles. The molecule has 8 heteroatoms. The lowest BCUT2D eigenvalue weighted by molar-refractivity contribution is 0.599. The van der Waals surface area contributed by atoms with Crippen LogP contribution in [0.2, 0.25) is 5.02 Å². The first-order valence-corrected chi connectivity index (χ1v) is 10.4. The molecule has 1 aromatic heterocycles. The molecule has 1 unspecified atom stereocenters. The van der Waals surface area contributed by atoms with Crippen LogP contribution in [0.1, 0.15) is 18.9 Å². The average Bonchev–Trinajstić information content (AvgIpc) is 2.93. The van der Waals surface area contributed by atoms with Crippen LogP contribution in [0.15, 0.2) is 30.5 Å². The molecule has 0 spiro atoms. The van der Waals surface area contributed by atoms with Crippen molar-refractivity contribution in [2.45, 2.75) is 26.3 Å². The highest BCUT2D eigenvalue weighted by molar-refractivity contribution is 7.91. The fraction of sp³-hybridized carbons (Fsp3) is 0.412. The van der Waals surface area contributed by atoms with Gasteiger partial charge in [-0.2, -0.15) is 4.98 Å². The molecule has 1 aliphatic rings. The van der Waals surface area contributed by atoms with Crippen LogP contribution in [0.5, 0.6) is 0 Å². The van der Waals surface area contributed by atoms with Crippen LogP contribution >= 0.6 is 11.6 Å². The standard InChI is InChI=1S/C17H21ClN4O2S/c1-3-22(13-8-10-25(23,24)11-13)16-7-9-19-17(21-16)20-15-6-4-5-14(18)12(15)2/h4-7,9,13H,3,8,10-11H2,1-2H3,(H,19,20,21). The Labute approximate surface area is 153 Å². The number of anilines is 3. The average molecular weight is 381 g/mol. The first-order chi connectivity index (χ1) is 11.9. The van der Waals surface area contributed by atoms with Gasteiger partial charge in [-0.15, -0.1) is 0 Å².